The van der Waals surface area contributed by atoms with Gasteiger partial charge in [-0.15, -0.1) is 0 Å². The summed E-state index contributed by atoms with van der Waals surface area (Å²) in [5.74, 6) is -0.638. The van der Waals surface area contributed by atoms with Crippen LogP contribution in [0.5, 0.6) is 0 Å². The van der Waals surface area contributed by atoms with E-state index in [4.69, 9.17) is 11.6 Å². The monoisotopic (exact) mass is 344 g/mol. The van der Waals surface area contributed by atoms with E-state index in [-0.39, 0.29) is 17.4 Å². The van der Waals surface area contributed by atoms with Crippen LogP contribution < -0.4 is 0 Å². The number of halogens is 2. The van der Waals surface area contributed by atoms with Crippen molar-refractivity contribution in [1.82, 2.24) is 20.1 Å². The van der Waals surface area contributed by atoms with Gasteiger partial charge in [0.25, 0.3) is 0 Å². The van der Waals surface area contributed by atoms with Gasteiger partial charge in [0, 0.05) is 24.7 Å². The lowest BCUT2D eigenvalue weighted by molar-refractivity contribution is -0.131. The van der Waals surface area contributed by atoms with Gasteiger partial charge in [0.1, 0.15) is 5.82 Å². The molecule has 1 aliphatic rings. The lowest BCUT2D eigenvalue weighted by Gasteiger charge is -2.29. The number of carbonyl (C=O) groups excluding carboxylic acids is 1. The van der Waals surface area contributed by atoms with Crippen LogP contribution in [0.4, 0.5) is 4.39 Å². The van der Waals surface area contributed by atoms with Crippen LogP contribution in [-0.4, -0.2) is 32.5 Å². The maximum Gasteiger partial charge on any atom is 0.227 e. The molecule has 1 N–H and O–H groups in total. The molecule has 3 heterocycles. The fourth-order valence-electron chi connectivity index (χ4n) is 3.13. The van der Waals surface area contributed by atoms with Crippen molar-refractivity contribution in [3.8, 4) is 0 Å². The van der Waals surface area contributed by atoms with Crippen molar-refractivity contribution in [2.45, 2.75) is 19.4 Å². The second kappa shape index (κ2) is 5.87. The fraction of sp³-hybridized carbons (Fsp3) is 0.235. The zero-order valence-corrected chi connectivity index (χ0v) is 13.5. The molecule has 1 aromatic carbocycles. The number of hydrogen-bond donors (Lipinski definition) is 1. The molecule has 7 heteroatoms. The summed E-state index contributed by atoms with van der Waals surface area (Å²) in [6.07, 6.45) is 4.27. The predicted octanol–water partition coefficient (Wildman–Crippen LogP) is 2.88. The lowest BCUT2D eigenvalue weighted by atomic mass is 9.98. The number of rotatable bonds is 2. The molecule has 0 fully saturated rings. The highest BCUT2D eigenvalue weighted by Crippen LogP contribution is 2.26. The van der Waals surface area contributed by atoms with Crippen molar-refractivity contribution in [2.75, 3.05) is 6.54 Å². The number of benzene rings is 1. The van der Waals surface area contributed by atoms with E-state index >= 15 is 0 Å². The Morgan fingerprint density at radius 1 is 1.38 bits per heavy atom. The summed E-state index contributed by atoms with van der Waals surface area (Å²) in [5.41, 5.74) is 3.26. The number of carbonyl (C=O) groups is 1. The third-order valence-corrected chi connectivity index (χ3v) is 4.69. The Morgan fingerprint density at radius 2 is 2.25 bits per heavy atom. The Morgan fingerprint density at radius 3 is 3.12 bits per heavy atom. The van der Waals surface area contributed by atoms with E-state index in [9.17, 15) is 9.18 Å². The highest BCUT2D eigenvalue weighted by Gasteiger charge is 2.24. The smallest absolute Gasteiger partial charge is 0.227 e. The first-order chi connectivity index (χ1) is 11.6. The van der Waals surface area contributed by atoms with Crippen molar-refractivity contribution < 1.29 is 9.18 Å². The normalized spacial score (nSPS) is 14.0. The minimum atomic E-state index is -0.522. The third kappa shape index (κ3) is 2.53. The van der Waals surface area contributed by atoms with Gasteiger partial charge in [0.15, 0.2) is 5.65 Å². The van der Waals surface area contributed by atoms with E-state index in [1.807, 2.05) is 0 Å². The Hall–Kier alpha value is -2.47. The molecule has 0 saturated heterocycles. The summed E-state index contributed by atoms with van der Waals surface area (Å²) in [6, 6.07) is 4.72. The zero-order valence-electron chi connectivity index (χ0n) is 12.7. The molecule has 2 aromatic heterocycles. The topological polar surface area (TPSA) is 61.9 Å². The van der Waals surface area contributed by atoms with Gasteiger partial charge in [-0.05, 0) is 29.2 Å². The molecule has 0 unspecified atom stereocenters. The van der Waals surface area contributed by atoms with Gasteiger partial charge >= 0.3 is 0 Å². The molecule has 0 spiro atoms. The first kappa shape index (κ1) is 15.1. The zero-order chi connectivity index (χ0) is 16.7. The summed E-state index contributed by atoms with van der Waals surface area (Å²) >= 11 is 5.78. The molecule has 122 valence electrons. The Labute approximate surface area is 142 Å². The summed E-state index contributed by atoms with van der Waals surface area (Å²) in [7, 11) is 0. The number of hydrogen-bond acceptors (Lipinski definition) is 3. The first-order valence-corrected chi connectivity index (χ1v) is 8.02. The third-order valence-electron chi connectivity index (χ3n) is 4.40. The maximum absolute atomic E-state index is 14.0. The summed E-state index contributed by atoms with van der Waals surface area (Å²) in [4.78, 5) is 18.6. The maximum atomic E-state index is 14.0. The SMILES string of the molecule is O=C(Cc1cccc(Cl)c1F)N1CCc2c(cnc3[nH]ncc23)C1. The van der Waals surface area contributed by atoms with E-state index in [0.29, 0.717) is 18.7 Å². The average Bonchev–Trinajstić information content (AvgIpc) is 3.07. The first-order valence-electron chi connectivity index (χ1n) is 7.64. The summed E-state index contributed by atoms with van der Waals surface area (Å²) < 4.78 is 14.0. The number of nitrogens with zero attached hydrogens (tertiary/aromatic N) is 3. The Kier molecular flexibility index (Phi) is 3.69. The van der Waals surface area contributed by atoms with Gasteiger partial charge < -0.3 is 4.90 Å². The molecule has 0 radical (unpaired) electrons. The highest BCUT2D eigenvalue weighted by molar-refractivity contribution is 6.30. The summed E-state index contributed by atoms with van der Waals surface area (Å²) in [5, 5.41) is 7.91. The van der Waals surface area contributed by atoms with Crippen LogP contribution in [0, 0.1) is 5.82 Å². The van der Waals surface area contributed by atoms with Crippen molar-refractivity contribution in [1.29, 1.82) is 0 Å². The number of amides is 1. The van der Waals surface area contributed by atoms with E-state index in [2.05, 4.69) is 15.2 Å². The van der Waals surface area contributed by atoms with Gasteiger partial charge in [0.2, 0.25) is 5.91 Å². The molecule has 24 heavy (non-hydrogen) atoms. The Bertz CT molecular complexity index is 939. The highest BCUT2D eigenvalue weighted by atomic mass is 35.5. The molecule has 0 saturated carbocycles. The number of H-pyrrole nitrogens is 1. The molecule has 1 aliphatic heterocycles. The molecule has 5 nitrogen and oxygen atoms in total. The van der Waals surface area contributed by atoms with Gasteiger partial charge in [-0.2, -0.15) is 5.10 Å². The quantitative estimate of drug-likeness (QED) is 0.777. The van der Waals surface area contributed by atoms with Gasteiger partial charge in [0.05, 0.1) is 17.6 Å². The van der Waals surface area contributed by atoms with Gasteiger partial charge in [-0.3, -0.25) is 9.89 Å². The number of fused-ring (bicyclic) bond motifs is 3. The summed E-state index contributed by atoms with van der Waals surface area (Å²) in [6.45, 7) is 1.07. The van der Waals surface area contributed by atoms with Gasteiger partial charge in [-0.1, -0.05) is 23.7 Å². The van der Waals surface area contributed by atoms with Crippen molar-refractivity contribution in [2.24, 2.45) is 0 Å². The van der Waals surface area contributed by atoms with Crippen LogP contribution in [-0.2, 0) is 24.2 Å². The minimum Gasteiger partial charge on any atom is -0.338 e. The van der Waals surface area contributed by atoms with E-state index in [1.165, 1.54) is 11.6 Å². The minimum absolute atomic E-state index is 0.00309. The van der Waals surface area contributed by atoms with Crippen molar-refractivity contribution in [3.05, 3.63) is 58.1 Å². The van der Waals surface area contributed by atoms with E-state index in [0.717, 1.165) is 23.0 Å². The average molecular weight is 345 g/mol. The second-order valence-corrected chi connectivity index (χ2v) is 6.26. The van der Waals surface area contributed by atoms with Gasteiger partial charge in [-0.25, -0.2) is 9.37 Å². The number of nitrogens with one attached hydrogen (secondary N) is 1. The molecule has 1 amide bonds. The van der Waals surface area contributed by atoms with Crippen LogP contribution in [0.1, 0.15) is 16.7 Å². The van der Waals surface area contributed by atoms with Crippen LogP contribution >= 0.6 is 11.6 Å². The van der Waals surface area contributed by atoms with Crippen LogP contribution in [0.2, 0.25) is 5.02 Å². The lowest BCUT2D eigenvalue weighted by Crippen LogP contribution is -2.37. The molecular weight excluding hydrogens is 331 g/mol. The molecule has 0 aliphatic carbocycles. The van der Waals surface area contributed by atoms with Crippen LogP contribution in [0.3, 0.4) is 0 Å². The second-order valence-electron chi connectivity index (χ2n) is 5.85. The molecule has 4 rings (SSSR count). The molecular formula is C17H14ClFN4O. The van der Waals surface area contributed by atoms with Crippen molar-refractivity contribution >= 4 is 28.5 Å². The number of aromatic nitrogens is 3. The molecule has 3 aromatic rings. The van der Waals surface area contributed by atoms with E-state index in [1.54, 1.807) is 29.4 Å². The largest absolute Gasteiger partial charge is 0.338 e. The fourth-order valence-corrected chi connectivity index (χ4v) is 3.32. The predicted molar refractivity (Wildman–Crippen MR) is 88.1 cm³/mol. The standard InChI is InChI=1S/C17H14ClFN4O/c18-14-3-1-2-10(16(14)19)6-15(24)23-5-4-12-11(9-23)7-20-17-13(12)8-21-22-17/h1-3,7-8H,4-6,9H2,(H,20,21,22). The number of pyridine rings is 1. The Balaban J connectivity index is 1.56. The molecule has 0 atom stereocenters. The van der Waals surface area contributed by atoms with Crippen molar-refractivity contribution in [3.63, 3.8) is 0 Å². The number of aromatic amines is 1. The molecule has 0 bridgehead atoms. The van der Waals surface area contributed by atoms with Crippen LogP contribution in [0.25, 0.3) is 11.0 Å². The van der Waals surface area contributed by atoms with Crippen LogP contribution in [0.15, 0.2) is 30.6 Å². The van der Waals surface area contributed by atoms with E-state index < -0.39 is 5.82 Å².